The Labute approximate surface area is 189 Å². The molecule has 0 spiro atoms. The molecule has 0 radical (unpaired) electrons. The molecule has 164 valence electrons. The number of likely N-dealkylation sites (N-methyl/N-ethyl adjacent to an activating group) is 1. The second kappa shape index (κ2) is 8.19. The van der Waals surface area contributed by atoms with Gasteiger partial charge in [-0.2, -0.15) is 0 Å². The summed E-state index contributed by atoms with van der Waals surface area (Å²) in [5, 5.41) is 14.1. The first-order chi connectivity index (χ1) is 15.5. The molecule has 0 bridgehead atoms. The van der Waals surface area contributed by atoms with Crippen LogP contribution in [-0.2, 0) is 21.6 Å². The Balaban J connectivity index is 1.34. The lowest BCUT2D eigenvalue weighted by molar-refractivity contribution is -0.916. The van der Waals surface area contributed by atoms with Crippen molar-refractivity contribution in [1.82, 2.24) is 0 Å². The van der Waals surface area contributed by atoms with Crippen molar-refractivity contribution in [3.63, 3.8) is 0 Å². The first-order valence-electron chi connectivity index (χ1n) is 11.5. The van der Waals surface area contributed by atoms with Gasteiger partial charge in [0, 0.05) is 18.4 Å². The first kappa shape index (κ1) is 20.9. The van der Waals surface area contributed by atoms with Gasteiger partial charge < -0.3 is 14.3 Å². The Morgan fingerprint density at radius 2 is 1.56 bits per heavy atom. The van der Waals surface area contributed by atoms with E-state index in [9.17, 15) is 9.90 Å². The Morgan fingerprint density at radius 1 is 0.969 bits per heavy atom. The predicted molar refractivity (Wildman–Crippen MR) is 123 cm³/mol. The Morgan fingerprint density at radius 3 is 2.22 bits per heavy atom. The molecule has 1 saturated heterocycles. The minimum absolute atomic E-state index is 0.234. The fourth-order valence-electron chi connectivity index (χ4n) is 5.37. The van der Waals surface area contributed by atoms with Crippen molar-refractivity contribution < 1.29 is 19.1 Å². The molecule has 5 rings (SSSR count). The largest absolute Gasteiger partial charge is 0.834 e. The van der Waals surface area contributed by atoms with Gasteiger partial charge in [-0.05, 0) is 34.2 Å². The second-order valence-corrected chi connectivity index (χ2v) is 9.43. The van der Waals surface area contributed by atoms with Crippen molar-refractivity contribution in [3.8, 4) is 11.1 Å². The standard InChI is InChI=1S/C28H29NO3/c1-29(19-17-21-10-3-2-4-11-21)18-9-12-22(20-29)32-27(30)28(31)25-15-7-5-13-23(25)24-14-6-8-16-26(24)28/h2-8,10-11,13-16,22H,9,12,17-20H2,1H3/t22?,29-/m1/s1. The molecule has 1 unspecified atom stereocenters. The van der Waals surface area contributed by atoms with Crippen LogP contribution in [0.15, 0.2) is 78.9 Å². The van der Waals surface area contributed by atoms with E-state index in [2.05, 4.69) is 31.3 Å². The molecule has 0 N–H and O–H groups in total. The Kier molecular flexibility index (Phi) is 5.36. The van der Waals surface area contributed by atoms with Gasteiger partial charge in [0.15, 0.2) is 6.10 Å². The topological polar surface area (TPSA) is 49.4 Å². The fourth-order valence-corrected chi connectivity index (χ4v) is 5.37. The number of quaternary nitrogens is 1. The highest BCUT2D eigenvalue weighted by Crippen LogP contribution is 2.46. The normalized spacial score (nSPS) is 23.2. The van der Waals surface area contributed by atoms with E-state index in [-0.39, 0.29) is 6.10 Å². The van der Waals surface area contributed by atoms with Crippen LogP contribution in [0.1, 0.15) is 29.5 Å². The van der Waals surface area contributed by atoms with Gasteiger partial charge in [-0.3, -0.25) is 4.79 Å². The second-order valence-electron chi connectivity index (χ2n) is 9.43. The number of carbonyl (C=O) groups is 1. The number of rotatable bonds is 5. The molecule has 0 aromatic heterocycles. The van der Waals surface area contributed by atoms with E-state index in [1.807, 2.05) is 42.5 Å². The van der Waals surface area contributed by atoms with Gasteiger partial charge in [-0.15, -0.1) is 0 Å². The Hall–Kier alpha value is -2.95. The minimum Gasteiger partial charge on any atom is -0.834 e. The summed E-state index contributed by atoms with van der Waals surface area (Å²) in [7, 11) is 2.23. The van der Waals surface area contributed by atoms with E-state index in [1.54, 1.807) is 12.1 Å². The van der Waals surface area contributed by atoms with Crippen LogP contribution in [0.3, 0.4) is 0 Å². The zero-order valence-electron chi connectivity index (χ0n) is 18.5. The number of likely N-dealkylation sites (tertiary alicyclic amines) is 1. The number of carbonyl (C=O) groups excluding carboxylic acids is 1. The third-order valence-electron chi connectivity index (χ3n) is 7.12. The summed E-state index contributed by atoms with van der Waals surface area (Å²) in [6, 6.07) is 25.3. The van der Waals surface area contributed by atoms with Crippen molar-refractivity contribution >= 4 is 5.97 Å². The molecule has 0 amide bonds. The molecule has 2 atom stereocenters. The summed E-state index contributed by atoms with van der Waals surface area (Å²) in [4.78, 5) is 13.4. The smallest absolute Gasteiger partial charge is 0.304 e. The molecule has 4 heteroatoms. The summed E-state index contributed by atoms with van der Waals surface area (Å²) in [5.41, 5.74) is 2.00. The highest BCUT2D eigenvalue weighted by molar-refractivity contribution is 5.95. The third kappa shape index (κ3) is 3.64. The number of nitrogens with zero attached hydrogens (tertiary/aromatic N) is 1. The number of hydrogen-bond donors (Lipinski definition) is 0. The van der Waals surface area contributed by atoms with E-state index in [1.165, 1.54) is 5.56 Å². The van der Waals surface area contributed by atoms with E-state index in [0.717, 1.165) is 54.5 Å². The average molecular weight is 428 g/mol. The Bertz CT molecular complexity index is 1080. The summed E-state index contributed by atoms with van der Waals surface area (Å²) in [6.07, 6.45) is 2.55. The molecule has 1 heterocycles. The minimum atomic E-state index is -2.00. The highest BCUT2D eigenvalue weighted by Gasteiger charge is 2.43. The summed E-state index contributed by atoms with van der Waals surface area (Å²) < 4.78 is 6.83. The van der Waals surface area contributed by atoms with Crippen molar-refractivity contribution in [1.29, 1.82) is 0 Å². The summed E-state index contributed by atoms with van der Waals surface area (Å²) in [5.74, 6) is -0.670. The van der Waals surface area contributed by atoms with Crippen molar-refractivity contribution in [2.75, 3.05) is 26.7 Å². The zero-order chi connectivity index (χ0) is 22.2. The number of benzene rings is 3. The summed E-state index contributed by atoms with van der Waals surface area (Å²) in [6.45, 7) is 2.80. The van der Waals surface area contributed by atoms with Crippen LogP contribution in [0.5, 0.6) is 0 Å². The monoisotopic (exact) mass is 427 g/mol. The lowest BCUT2D eigenvalue weighted by Crippen LogP contribution is -2.56. The number of ether oxygens (including phenoxy) is 1. The van der Waals surface area contributed by atoms with Gasteiger partial charge in [0.25, 0.3) is 0 Å². The number of piperidine rings is 1. The van der Waals surface area contributed by atoms with Crippen molar-refractivity contribution in [3.05, 3.63) is 95.6 Å². The van der Waals surface area contributed by atoms with Crippen LogP contribution >= 0.6 is 0 Å². The van der Waals surface area contributed by atoms with Gasteiger partial charge in [0.2, 0.25) is 0 Å². The van der Waals surface area contributed by atoms with E-state index in [0.29, 0.717) is 11.1 Å². The maximum Gasteiger partial charge on any atom is 0.304 e. The average Bonchev–Trinajstić information content (AvgIpc) is 3.09. The highest BCUT2D eigenvalue weighted by atomic mass is 16.6. The molecule has 3 aromatic carbocycles. The summed E-state index contributed by atoms with van der Waals surface area (Å²) >= 11 is 0. The molecule has 32 heavy (non-hydrogen) atoms. The van der Waals surface area contributed by atoms with Crippen LogP contribution in [0, 0.1) is 0 Å². The van der Waals surface area contributed by atoms with E-state index in [4.69, 9.17) is 4.74 Å². The van der Waals surface area contributed by atoms with Crippen LogP contribution in [0.4, 0.5) is 0 Å². The fraction of sp³-hybridized carbons (Fsp3) is 0.321. The SMILES string of the molecule is C[N@+]1(CCc2ccccc2)CCCC(OC(=O)C2([O-])c3ccccc3-c3ccccc32)C1. The molecule has 1 aliphatic carbocycles. The predicted octanol–water partition coefficient (Wildman–Crippen LogP) is 3.67. The van der Waals surface area contributed by atoms with Crippen LogP contribution in [-0.4, -0.2) is 43.2 Å². The quantitative estimate of drug-likeness (QED) is 0.461. The van der Waals surface area contributed by atoms with Crippen LogP contribution < -0.4 is 5.11 Å². The molecule has 0 saturated carbocycles. The number of fused-ring (bicyclic) bond motifs is 3. The van der Waals surface area contributed by atoms with Crippen LogP contribution in [0.2, 0.25) is 0 Å². The molecule has 4 nitrogen and oxygen atoms in total. The lowest BCUT2D eigenvalue weighted by Gasteiger charge is -2.43. The van der Waals surface area contributed by atoms with Gasteiger partial charge in [0.1, 0.15) is 6.54 Å². The first-order valence-corrected chi connectivity index (χ1v) is 11.5. The number of hydrogen-bond acceptors (Lipinski definition) is 3. The van der Waals surface area contributed by atoms with Gasteiger partial charge in [-0.1, -0.05) is 78.9 Å². The molecular formula is C28H29NO3. The van der Waals surface area contributed by atoms with Gasteiger partial charge in [-0.25, -0.2) is 0 Å². The lowest BCUT2D eigenvalue weighted by atomic mass is 9.91. The van der Waals surface area contributed by atoms with Crippen molar-refractivity contribution in [2.24, 2.45) is 0 Å². The maximum atomic E-state index is 14.1. The molecule has 2 aliphatic rings. The third-order valence-corrected chi connectivity index (χ3v) is 7.12. The maximum absolute atomic E-state index is 14.1. The van der Waals surface area contributed by atoms with Crippen LogP contribution in [0.25, 0.3) is 11.1 Å². The van der Waals surface area contributed by atoms with Crippen molar-refractivity contribution in [2.45, 2.75) is 31.0 Å². The number of esters is 1. The van der Waals surface area contributed by atoms with E-state index < -0.39 is 11.6 Å². The molecule has 1 aliphatic heterocycles. The van der Waals surface area contributed by atoms with Gasteiger partial charge in [0.05, 0.1) is 20.1 Å². The molecule has 1 fully saturated rings. The molecular weight excluding hydrogens is 398 g/mol. The molecule has 3 aromatic rings. The van der Waals surface area contributed by atoms with Gasteiger partial charge >= 0.3 is 5.97 Å². The zero-order valence-corrected chi connectivity index (χ0v) is 18.5. The van der Waals surface area contributed by atoms with E-state index >= 15 is 0 Å².